The first-order valence-electron chi connectivity index (χ1n) is 4.99. The van der Waals surface area contributed by atoms with Gasteiger partial charge in [0.2, 0.25) is 0 Å². The number of piperidine rings is 1. The van der Waals surface area contributed by atoms with Crippen LogP contribution in [0.15, 0.2) is 24.3 Å². The highest BCUT2D eigenvalue weighted by Crippen LogP contribution is 2.33. The summed E-state index contributed by atoms with van der Waals surface area (Å²) in [5.41, 5.74) is -0.143. The molecule has 15 heavy (non-hydrogen) atoms. The van der Waals surface area contributed by atoms with Gasteiger partial charge in [0, 0.05) is 36.0 Å². The van der Waals surface area contributed by atoms with Crippen molar-refractivity contribution in [3.63, 3.8) is 0 Å². The van der Waals surface area contributed by atoms with Crippen molar-refractivity contribution in [3.8, 4) is 0 Å². The fourth-order valence-electron chi connectivity index (χ4n) is 1.92. The van der Waals surface area contributed by atoms with E-state index in [1.165, 1.54) is 12.1 Å². The molecule has 1 aromatic rings. The molecule has 0 spiro atoms. The normalized spacial score (nSPS) is 21.5. The Hall–Kier alpha value is -0.200. The lowest BCUT2D eigenvalue weighted by atomic mass is 9.85. The molecule has 0 saturated carbocycles. The van der Waals surface area contributed by atoms with E-state index in [-0.39, 0.29) is 5.82 Å². The van der Waals surface area contributed by atoms with E-state index in [1.807, 2.05) is 0 Å². The Morgan fingerprint density at radius 2 is 2.00 bits per heavy atom. The van der Waals surface area contributed by atoms with Crippen molar-refractivity contribution in [2.24, 2.45) is 0 Å². The van der Waals surface area contributed by atoms with E-state index in [4.69, 9.17) is 0 Å². The number of halogens is 2. The third-order valence-corrected chi connectivity index (χ3v) is 3.86. The first kappa shape index (κ1) is 11.3. The van der Waals surface area contributed by atoms with Gasteiger partial charge in [-0.2, -0.15) is 0 Å². The van der Waals surface area contributed by atoms with Crippen LogP contribution in [0, 0.1) is 5.82 Å². The fraction of sp³-hybridized carbons (Fsp3) is 0.455. The summed E-state index contributed by atoms with van der Waals surface area (Å²) in [6.07, 6.45) is 1.33. The molecule has 1 aromatic carbocycles. The molecule has 4 heteroatoms. The zero-order chi connectivity index (χ0) is 10.9. The van der Waals surface area contributed by atoms with Crippen LogP contribution >= 0.6 is 22.9 Å². The summed E-state index contributed by atoms with van der Waals surface area (Å²) in [5.74, 6) is -0.280. The first-order chi connectivity index (χ1) is 7.10. The number of nitrogens with zero attached hydrogens (tertiary/aromatic N) is 1. The van der Waals surface area contributed by atoms with Gasteiger partial charge in [0.25, 0.3) is 0 Å². The molecule has 1 aliphatic heterocycles. The van der Waals surface area contributed by atoms with Crippen molar-refractivity contribution in [2.45, 2.75) is 18.4 Å². The average molecular weight is 321 g/mol. The summed E-state index contributed by atoms with van der Waals surface area (Å²) >= 11 is 2.25. The molecule has 0 amide bonds. The molecule has 2 rings (SSSR count). The maximum atomic E-state index is 13.0. The first-order valence-corrected chi connectivity index (χ1v) is 5.96. The summed E-state index contributed by atoms with van der Waals surface area (Å²) in [6, 6.07) is 6.29. The molecule has 82 valence electrons. The molecule has 0 unspecified atom stereocenters. The predicted octanol–water partition coefficient (Wildman–Crippen LogP) is 2.46. The molecule has 0 atom stereocenters. The minimum Gasteiger partial charge on any atom is -0.385 e. The van der Waals surface area contributed by atoms with E-state index in [1.54, 1.807) is 12.1 Å². The highest BCUT2D eigenvalue weighted by Gasteiger charge is 2.33. The SMILES string of the molecule is OC1(c2cccc(F)c2)CCN(I)CC1. The Morgan fingerprint density at radius 3 is 2.60 bits per heavy atom. The van der Waals surface area contributed by atoms with Crippen LogP contribution in [0.3, 0.4) is 0 Å². The summed E-state index contributed by atoms with van der Waals surface area (Å²) in [6.45, 7) is 1.68. The lowest BCUT2D eigenvalue weighted by molar-refractivity contribution is -0.00549. The fourth-order valence-corrected chi connectivity index (χ4v) is 2.40. The van der Waals surface area contributed by atoms with Crippen LogP contribution in [0.5, 0.6) is 0 Å². The third kappa shape index (κ3) is 2.49. The largest absolute Gasteiger partial charge is 0.385 e. The molecule has 1 saturated heterocycles. The second-order valence-corrected chi connectivity index (χ2v) is 5.32. The molecule has 0 aliphatic carbocycles. The lowest BCUT2D eigenvalue weighted by Gasteiger charge is -2.35. The van der Waals surface area contributed by atoms with E-state index in [0.717, 1.165) is 13.1 Å². The quantitative estimate of drug-likeness (QED) is 0.634. The molecule has 1 heterocycles. The van der Waals surface area contributed by atoms with E-state index < -0.39 is 5.60 Å². The summed E-state index contributed by atoms with van der Waals surface area (Å²) < 4.78 is 15.2. The molecule has 0 bridgehead atoms. The minimum absolute atomic E-state index is 0.280. The Morgan fingerprint density at radius 1 is 1.33 bits per heavy atom. The highest BCUT2D eigenvalue weighted by molar-refractivity contribution is 14.1. The van der Waals surface area contributed by atoms with E-state index >= 15 is 0 Å². The van der Waals surface area contributed by atoms with Crippen LogP contribution in [-0.4, -0.2) is 21.3 Å². The molecule has 1 N–H and O–H groups in total. The average Bonchev–Trinajstić information content (AvgIpc) is 2.23. The van der Waals surface area contributed by atoms with Gasteiger partial charge in [-0.15, -0.1) is 0 Å². The molecule has 1 fully saturated rings. The molecule has 2 nitrogen and oxygen atoms in total. The van der Waals surface area contributed by atoms with Gasteiger partial charge in [-0.25, -0.2) is 7.50 Å². The second-order valence-electron chi connectivity index (χ2n) is 3.95. The Bertz CT molecular complexity index is 350. The molecule has 0 radical (unpaired) electrons. The highest BCUT2D eigenvalue weighted by atomic mass is 127. The Kier molecular flexibility index (Phi) is 3.27. The maximum Gasteiger partial charge on any atom is 0.123 e. The van der Waals surface area contributed by atoms with Crippen molar-refractivity contribution < 1.29 is 9.50 Å². The van der Waals surface area contributed by atoms with Gasteiger partial charge in [0.15, 0.2) is 0 Å². The van der Waals surface area contributed by atoms with Crippen molar-refractivity contribution in [3.05, 3.63) is 35.6 Å². The zero-order valence-electron chi connectivity index (χ0n) is 8.29. The smallest absolute Gasteiger partial charge is 0.123 e. The summed E-state index contributed by atoms with van der Waals surface area (Å²) in [7, 11) is 0. The predicted molar refractivity (Wildman–Crippen MR) is 65.1 cm³/mol. The molecule has 0 aromatic heterocycles. The van der Waals surface area contributed by atoms with Gasteiger partial charge in [-0.3, -0.25) is 0 Å². The minimum atomic E-state index is -0.843. The van der Waals surface area contributed by atoms with Crippen molar-refractivity contribution >= 4 is 22.9 Å². The number of rotatable bonds is 1. The van der Waals surface area contributed by atoms with Crippen LogP contribution in [0.25, 0.3) is 0 Å². The van der Waals surface area contributed by atoms with Crippen LogP contribution < -0.4 is 0 Å². The Labute approximate surface area is 103 Å². The third-order valence-electron chi connectivity index (χ3n) is 2.90. The number of hydrogen-bond acceptors (Lipinski definition) is 2. The summed E-state index contributed by atoms with van der Waals surface area (Å²) in [4.78, 5) is 0. The van der Waals surface area contributed by atoms with Crippen molar-refractivity contribution in [1.29, 1.82) is 0 Å². The van der Waals surface area contributed by atoms with Crippen LogP contribution in [0.4, 0.5) is 4.39 Å². The van der Waals surface area contributed by atoms with Gasteiger partial charge < -0.3 is 5.11 Å². The van der Waals surface area contributed by atoms with Gasteiger partial charge in [0.05, 0.1) is 5.60 Å². The monoisotopic (exact) mass is 321 g/mol. The lowest BCUT2D eigenvalue weighted by Crippen LogP contribution is -2.38. The van der Waals surface area contributed by atoms with E-state index in [9.17, 15) is 9.50 Å². The van der Waals surface area contributed by atoms with Crippen LogP contribution in [0.2, 0.25) is 0 Å². The van der Waals surface area contributed by atoms with Crippen LogP contribution in [0.1, 0.15) is 18.4 Å². The van der Waals surface area contributed by atoms with Gasteiger partial charge >= 0.3 is 0 Å². The van der Waals surface area contributed by atoms with E-state index in [2.05, 4.69) is 26.0 Å². The standard InChI is InChI=1S/C11H13FINO/c12-10-3-1-2-9(8-10)11(15)4-6-14(13)7-5-11/h1-3,8,15H,4-7H2. The van der Waals surface area contributed by atoms with Gasteiger partial charge in [-0.05, 0) is 30.5 Å². The summed E-state index contributed by atoms with van der Waals surface area (Å²) in [5, 5.41) is 10.4. The van der Waals surface area contributed by atoms with Gasteiger partial charge in [-0.1, -0.05) is 12.1 Å². The Balaban J connectivity index is 2.22. The van der Waals surface area contributed by atoms with E-state index in [0.29, 0.717) is 18.4 Å². The molecular weight excluding hydrogens is 308 g/mol. The number of benzene rings is 1. The second kappa shape index (κ2) is 4.35. The number of aliphatic hydroxyl groups is 1. The topological polar surface area (TPSA) is 23.5 Å². The van der Waals surface area contributed by atoms with Crippen molar-refractivity contribution in [2.75, 3.05) is 13.1 Å². The molecule has 1 aliphatic rings. The van der Waals surface area contributed by atoms with Crippen LogP contribution in [-0.2, 0) is 5.60 Å². The molecular formula is C11H13FINO. The van der Waals surface area contributed by atoms with Gasteiger partial charge in [0.1, 0.15) is 5.82 Å². The number of hydrogen-bond donors (Lipinski definition) is 1. The van der Waals surface area contributed by atoms with Crippen molar-refractivity contribution in [1.82, 2.24) is 3.11 Å². The zero-order valence-corrected chi connectivity index (χ0v) is 10.4. The maximum absolute atomic E-state index is 13.0.